The lowest BCUT2D eigenvalue weighted by Crippen LogP contribution is -2.36. The SMILES string of the molecule is C[C@H]1Cc2ccccc2N1C(=O)c1ccccn1. The number of fused-ring (bicyclic) bond motifs is 1. The Hall–Kier alpha value is -2.16. The van der Waals surface area contributed by atoms with Gasteiger partial charge in [-0.3, -0.25) is 9.78 Å². The molecule has 0 saturated carbocycles. The summed E-state index contributed by atoms with van der Waals surface area (Å²) in [5.74, 6) is -0.0203. The molecule has 90 valence electrons. The quantitative estimate of drug-likeness (QED) is 0.765. The van der Waals surface area contributed by atoms with Crippen molar-refractivity contribution in [3.8, 4) is 0 Å². The number of benzene rings is 1. The fraction of sp³-hybridized carbons (Fsp3) is 0.200. The number of hydrogen-bond acceptors (Lipinski definition) is 2. The Labute approximate surface area is 106 Å². The first-order valence-corrected chi connectivity index (χ1v) is 6.10. The van der Waals surface area contributed by atoms with Gasteiger partial charge in [0.25, 0.3) is 5.91 Å². The largest absolute Gasteiger partial charge is 0.304 e. The van der Waals surface area contributed by atoms with E-state index in [1.807, 2.05) is 35.2 Å². The topological polar surface area (TPSA) is 33.2 Å². The lowest BCUT2D eigenvalue weighted by atomic mass is 10.1. The van der Waals surface area contributed by atoms with Crippen molar-refractivity contribution < 1.29 is 4.79 Å². The predicted octanol–water partition coefficient (Wildman–Crippen LogP) is 2.67. The molecule has 1 aliphatic rings. The van der Waals surface area contributed by atoms with Gasteiger partial charge in [0, 0.05) is 17.9 Å². The summed E-state index contributed by atoms with van der Waals surface area (Å²) in [6, 6.07) is 13.7. The highest BCUT2D eigenvalue weighted by atomic mass is 16.2. The first-order chi connectivity index (χ1) is 8.77. The summed E-state index contributed by atoms with van der Waals surface area (Å²) in [4.78, 5) is 18.5. The third kappa shape index (κ3) is 1.68. The van der Waals surface area contributed by atoms with Crippen molar-refractivity contribution in [3.05, 3.63) is 59.9 Å². The molecule has 0 aliphatic carbocycles. The molecule has 2 aromatic rings. The van der Waals surface area contributed by atoms with Gasteiger partial charge in [0.1, 0.15) is 5.69 Å². The number of nitrogens with zero attached hydrogens (tertiary/aromatic N) is 2. The van der Waals surface area contributed by atoms with Crippen molar-refractivity contribution in [2.24, 2.45) is 0 Å². The van der Waals surface area contributed by atoms with E-state index in [0.717, 1.165) is 12.1 Å². The maximum absolute atomic E-state index is 12.5. The van der Waals surface area contributed by atoms with Crippen LogP contribution >= 0.6 is 0 Å². The molecule has 0 N–H and O–H groups in total. The zero-order valence-electron chi connectivity index (χ0n) is 10.2. The summed E-state index contributed by atoms with van der Waals surface area (Å²) in [6.45, 7) is 2.07. The molecule has 1 aliphatic heterocycles. The lowest BCUT2D eigenvalue weighted by Gasteiger charge is -2.22. The standard InChI is InChI=1S/C15H14N2O/c1-11-10-12-6-2-3-8-14(12)17(11)15(18)13-7-4-5-9-16-13/h2-9,11H,10H2,1H3/t11-/m0/s1. The van der Waals surface area contributed by atoms with E-state index in [1.54, 1.807) is 12.3 Å². The number of carbonyl (C=O) groups is 1. The van der Waals surface area contributed by atoms with E-state index in [-0.39, 0.29) is 11.9 Å². The average molecular weight is 238 g/mol. The van der Waals surface area contributed by atoms with Crippen molar-refractivity contribution in [1.82, 2.24) is 4.98 Å². The first-order valence-electron chi connectivity index (χ1n) is 6.10. The van der Waals surface area contributed by atoms with E-state index in [0.29, 0.717) is 5.69 Å². The van der Waals surface area contributed by atoms with Gasteiger partial charge < -0.3 is 4.90 Å². The minimum Gasteiger partial charge on any atom is -0.304 e. The molecule has 2 heterocycles. The summed E-state index contributed by atoms with van der Waals surface area (Å²) in [5.41, 5.74) is 2.75. The normalized spacial score (nSPS) is 17.6. The number of pyridine rings is 1. The lowest BCUT2D eigenvalue weighted by molar-refractivity contribution is 0.0976. The molecule has 0 radical (unpaired) electrons. The van der Waals surface area contributed by atoms with Crippen LogP contribution in [0.5, 0.6) is 0 Å². The van der Waals surface area contributed by atoms with Crippen LogP contribution < -0.4 is 4.90 Å². The van der Waals surface area contributed by atoms with Crippen LogP contribution in [0.1, 0.15) is 23.0 Å². The van der Waals surface area contributed by atoms with Crippen LogP contribution in [0, 0.1) is 0 Å². The minimum absolute atomic E-state index is 0.0203. The molecule has 1 amide bonds. The highest BCUT2D eigenvalue weighted by molar-refractivity contribution is 6.06. The second kappa shape index (κ2) is 4.26. The van der Waals surface area contributed by atoms with Gasteiger partial charge in [-0.25, -0.2) is 0 Å². The number of rotatable bonds is 1. The van der Waals surface area contributed by atoms with Gasteiger partial charge >= 0.3 is 0 Å². The van der Waals surface area contributed by atoms with Crippen LogP contribution in [0.4, 0.5) is 5.69 Å². The van der Waals surface area contributed by atoms with Crippen LogP contribution in [0.2, 0.25) is 0 Å². The fourth-order valence-electron chi connectivity index (χ4n) is 2.49. The monoisotopic (exact) mass is 238 g/mol. The van der Waals surface area contributed by atoms with Gasteiger partial charge in [-0.1, -0.05) is 24.3 Å². The average Bonchev–Trinajstić information content (AvgIpc) is 2.75. The number of hydrogen-bond donors (Lipinski definition) is 0. The highest BCUT2D eigenvalue weighted by Gasteiger charge is 2.31. The third-order valence-electron chi connectivity index (χ3n) is 3.31. The summed E-state index contributed by atoms with van der Waals surface area (Å²) in [6.07, 6.45) is 2.56. The van der Waals surface area contributed by atoms with Crippen LogP contribution in [0.3, 0.4) is 0 Å². The molecule has 3 heteroatoms. The molecular formula is C15H14N2O. The Morgan fingerprint density at radius 3 is 2.78 bits per heavy atom. The van der Waals surface area contributed by atoms with Gasteiger partial charge in [-0.05, 0) is 37.1 Å². The molecule has 0 spiro atoms. The van der Waals surface area contributed by atoms with Crippen molar-refractivity contribution in [2.75, 3.05) is 4.90 Å². The van der Waals surface area contributed by atoms with E-state index < -0.39 is 0 Å². The fourth-order valence-corrected chi connectivity index (χ4v) is 2.49. The van der Waals surface area contributed by atoms with Crippen LogP contribution in [0.25, 0.3) is 0 Å². The van der Waals surface area contributed by atoms with Crippen molar-refractivity contribution in [2.45, 2.75) is 19.4 Å². The highest BCUT2D eigenvalue weighted by Crippen LogP contribution is 2.32. The number of anilines is 1. The maximum atomic E-state index is 12.5. The van der Waals surface area contributed by atoms with E-state index in [1.165, 1.54) is 5.56 Å². The van der Waals surface area contributed by atoms with E-state index >= 15 is 0 Å². The van der Waals surface area contributed by atoms with Gasteiger partial charge in [0.05, 0.1) is 0 Å². The maximum Gasteiger partial charge on any atom is 0.277 e. The van der Waals surface area contributed by atoms with E-state index in [2.05, 4.69) is 18.0 Å². The first kappa shape index (κ1) is 11.0. The number of para-hydroxylation sites is 1. The molecule has 18 heavy (non-hydrogen) atoms. The number of aromatic nitrogens is 1. The molecule has 0 fully saturated rings. The third-order valence-corrected chi connectivity index (χ3v) is 3.31. The van der Waals surface area contributed by atoms with Crippen molar-refractivity contribution in [1.29, 1.82) is 0 Å². The molecule has 3 rings (SSSR count). The van der Waals surface area contributed by atoms with E-state index in [9.17, 15) is 4.79 Å². The van der Waals surface area contributed by atoms with Gasteiger partial charge in [0.15, 0.2) is 0 Å². The summed E-state index contributed by atoms with van der Waals surface area (Å²) in [5, 5.41) is 0. The Balaban J connectivity index is 2.00. The van der Waals surface area contributed by atoms with Crippen molar-refractivity contribution in [3.63, 3.8) is 0 Å². The van der Waals surface area contributed by atoms with Gasteiger partial charge in [-0.2, -0.15) is 0 Å². The smallest absolute Gasteiger partial charge is 0.277 e. The molecule has 1 aromatic carbocycles. The summed E-state index contributed by atoms with van der Waals surface area (Å²) < 4.78 is 0. The Kier molecular flexibility index (Phi) is 2.59. The Morgan fingerprint density at radius 1 is 1.22 bits per heavy atom. The predicted molar refractivity (Wildman–Crippen MR) is 70.7 cm³/mol. The van der Waals surface area contributed by atoms with Gasteiger partial charge in [0.2, 0.25) is 0 Å². The van der Waals surface area contributed by atoms with Crippen molar-refractivity contribution >= 4 is 11.6 Å². The minimum atomic E-state index is -0.0203. The number of amides is 1. The van der Waals surface area contributed by atoms with E-state index in [4.69, 9.17) is 0 Å². The summed E-state index contributed by atoms with van der Waals surface area (Å²) >= 11 is 0. The zero-order valence-corrected chi connectivity index (χ0v) is 10.2. The number of carbonyl (C=O) groups excluding carboxylic acids is 1. The molecular weight excluding hydrogens is 224 g/mol. The molecule has 0 bridgehead atoms. The molecule has 0 unspecified atom stereocenters. The molecule has 3 nitrogen and oxygen atoms in total. The molecule has 1 aromatic heterocycles. The molecule has 1 atom stereocenters. The zero-order chi connectivity index (χ0) is 12.5. The second-order valence-corrected chi connectivity index (χ2v) is 4.57. The summed E-state index contributed by atoms with van der Waals surface area (Å²) in [7, 11) is 0. The van der Waals surface area contributed by atoms with Crippen LogP contribution in [-0.2, 0) is 6.42 Å². The van der Waals surface area contributed by atoms with Gasteiger partial charge in [-0.15, -0.1) is 0 Å². The van der Waals surface area contributed by atoms with Crippen LogP contribution in [-0.4, -0.2) is 16.9 Å². The Morgan fingerprint density at radius 2 is 2.00 bits per heavy atom. The van der Waals surface area contributed by atoms with Crippen LogP contribution in [0.15, 0.2) is 48.7 Å². The second-order valence-electron chi connectivity index (χ2n) is 4.57. The Bertz CT molecular complexity index is 580. The molecule has 0 saturated heterocycles.